The summed E-state index contributed by atoms with van der Waals surface area (Å²) in [4.78, 5) is 0. The van der Waals surface area contributed by atoms with E-state index in [4.69, 9.17) is 9.47 Å². The molecule has 4 saturated carbocycles. The fourth-order valence-corrected chi connectivity index (χ4v) is 9.16. The number of aliphatic hydroxyl groups is 6. The van der Waals surface area contributed by atoms with Crippen molar-refractivity contribution >= 4 is 0 Å². The zero-order valence-electron chi connectivity index (χ0n) is 20.3. The minimum absolute atomic E-state index is 0.0679. The van der Waals surface area contributed by atoms with Crippen LogP contribution in [-0.2, 0) is 9.47 Å². The van der Waals surface area contributed by atoms with Gasteiger partial charge in [0.15, 0.2) is 6.29 Å². The van der Waals surface area contributed by atoms with Crippen LogP contribution >= 0.6 is 0 Å². The van der Waals surface area contributed by atoms with E-state index in [0.717, 1.165) is 44.1 Å². The van der Waals surface area contributed by atoms with Gasteiger partial charge in [-0.15, -0.1) is 0 Å². The van der Waals surface area contributed by atoms with Gasteiger partial charge in [0.05, 0.1) is 25.4 Å². The van der Waals surface area contributed by atoms with Crippen molar-refractivity contribution in [2.75, 3.05) is 13.2 Å². The van der Waals surface area contributed by atoms with Crippen molar-refractivity contribution in [1.82, 2.24) is 0 Å². The van der Waals surface area contributed by atoms with Gasteiger partial charge in [-0.25, -0.2) is 0 Å². The Morgan fingerprint density at radius 3 is 2.35 bits per heavy atom. The monoisotopic (exact) mass is 482 g/mol. The van der Waals surface area contributed by atoms with Crippen LogP contribution in [0, 0.1) is 34.0 Å². The van der Waals surface area contributed by atoms with E-state index in [9.17, 15) is 30.6 Å². The van der Waals surface area contributed by atoms with Crippen molar-refractivity contribution in [2.45, 2.75) is 102 Å². The Bertz CT molecular complexity index is 804. The molecule has 1 aliphatic heterocycles. The molecule has 8 heteroatoms. The molecule has 0 amide bonds. The second-order valence-electron chi connectivity index (χ2n) is 12.4. The predicted molar refractivity (Wildman–Crippen MR) is 122 cm³/mol. The van der Waals surface area contributed by atoms with E-state index in [2.05, 4.69) is 13.5 Å². The lowest BCUT2D eigenvalue weighted by Gasteiger charge is -2.66. The SMILES string of the molecule is C=C1C2CCC3C4(C)CCC(OC5OC(CO)C(O)C(O)C5O)C(C)(CO)C4CCC3(C2)C1O. The Kier molecular flexibility index (Phi) is 6.26. The Morgan fingerprint density at radius 1 is 0.941 bits per heavy atom. The first-order valence-electron chi connectivity index (χ1n) is 13.0. The average Bonchev–Trinajstić information content (AvgIpc) is 3.00. The molecule has 0 aromatic carbocycles. The standard InChI is InChI=1S/C26H42O8/c1-13-14-4-5-17-24(2)8-7-18(34-23-21(31)20(30)19(29)15(11-27)33-23)25(3,12-28)16(24)6-9-26(17,10-14)22(13)32/h14-23,27-32H,1,4-12H2,2-3H3. The number of aliphatic hydroxyl groups excluding tert-OH is 6. The minimum Gasteiger partial charge on any atom is -0.396 e. The van der Waals surface area contributed by atoms with Gasteiger partial charge in [0.25, 0.3) is 0 Å². The second-order valence-corrected chi connectivity index (χ2v) is 12.4. The first-order valence-corrected chi connectivity index (χ1v) is 13.0. The van der Waals surface area contributed by atoms with E-state index >= 15 is 0 Å². The number of hydrogen-bond donors (Lipinski definition) is 6. The topological polar surface area (TPSA) is 140 Å². The van der Waals surface area contributed by atoms with Crippen molar-refractivity contribution in [3.05, 3.63) is 12.2 Å². The minimum atomic E-state index is -1.49. The summed E-state index contributed by atoms with van der Waals surface area (Å²) >= 11 is 0. The molecule has 194 valence electrons. The number of ether oxygens (including phenoxy) is 2. The smallest absolute Gasteiger partial charge is 0.186 e. The molecule has 6 N–H and O–H groups in total. The van der Waals surface area contributed by atoms with E-state index in [1.54, 1.807) is 0 Å². The molecule has 1 spiro atoms. The average molecular weight is 483 g/mol. The summed E-state index contributed by atoms with van der Waals surface area (Å²) in [5.41, 5.74) is 0.216. The maximum Gasteiger partial charge on any atom is 0.186 e. The summed E-state index contributed by atoms with van der Waals surface area (Å²) < 4.78 is 11.9. The van der Waals surface area contributed by atoms with Crippen molar-refractivity contribution < 1.29 is 40.1 Å². The lowest BCUT2D eigenvalue weighted by Crippen LogP contribution is -2.65. The summed E-state index contributed by atoms with van der Waals surface area (Å²) in [6.45, 7) is 8.01. The van der Waals surface area contributed by atoms with Crippen molar-refractivity contribution in [3.8, 4) is 0 Å². The van der Waals surface area contributed by atoms with Crippen LogP contribution in [0.25, 0.3) is 0 Å². The number of rotatable bonds is 4. The lowest BCUT2D eigenvalue weighted by atomic mass is 9.40. The zero-order valence-corrected chi connectivity index (χ0v) is 20.3. The van der Waals surface area contributed by atoms with Crippen LogP contribution in [0.4, 0.5) is 0 Å². The van der Waals surface area contributed by atoms with Crippen LogP contribution < -0.4 is 0 Å². The Labute approximate surface area is 201 Å². The maximum atomic E-state index is 11.3. The quantitative estimate of drug-likeness (QED) is 0.254. The van der Waals surface area contributed by atoms with Gasteiger partial charge in [-0.1, -0.05) is 20.4 Å². The molecular weight excluding hydrogens is 440 g/mol. The summed E-state index contributed by atoms with van der Waals surface area (Å²) in [6, 6.07) is 0. The first kappa shape index (κ1) is 25.1. The Morgan fingerprint density at radius 2 is 1.68 bits per heavy atom. The highest BCUT2D eigenvalue weighted by atomic mass is 16.7. The van der Waals surface area contributed by atoms with Gasteiger partial charge in [0, 0.05) is 10.8 Å². The number of hydrogen-bond acceptors (Lipinski definition) is 8. The Balaban J connectivity index is 1.40. The fraction of sp³-hybridized carbons (Fsp3) is 0.923. The van der Waals surface area contributed by atoms with Gasteiger partial charge in [0.2, 0.25) is 0 Å². The lowest BCUT2D eigenvalue weighted by molar-refractivity contribution is -0.333. The molecule has 0 radical (unpaired) electrons. The normalized spacial score (nSPS) is 57.2. The molecule has 0 aromatic rings. The van der Waals surface area contributed by atoms with Gasteiger partial charge < -0.3 is 40.1 Å². The second kappa shape index (κ2) is 8.48. The molecule has 1 heterocycles. The third kappa shape index (κ3) is 3.26. The molecule has 34 heavy (non-hydrogen) atoms. The molecule has 5 rings (SSSR count). The number of fused-ring (bicyclic) bond motifs is 3. The van der Waals surface area contributed by atoms with Crippen molar-refractivity contribution in [1.29, 1.82) is 0 Å². The van der Waals surface area contributed by atoms with Crippen LogP contribution in [0.1, 0.15) is 58.8 Å². The van der Waals surface area contributed by atoms with Crippen LogP contribution in [0.3, 0.4) is 0 Å². The predicted octanol–water partition coefficient (Wildman–Crippen LogP) is 0.714. The van der Waals surface area contributed by atoms with E-state index in [0.29, 0.717) is 18.3 Å². The molecule has 5 fully saturated rings. The van der Waals surface area contributed by atoms with Crippen LogP contribution in [-0.4, -0.2) is 86.8 Å². The highest BCUT2D eigenvalue weighted by Gasteiger charge is 2.68. The summed E-state index contributed by atoms with van der Waals surface area (Å²) in [5.74, 6) is 0.923. The molecular formula is C26H42O8. The van der Waals surface area contributed by atoms with Gasteiger partial charge in [-0.2, -0.15) is 0 Å². The van der Waals surface area contributed by atoms with E-state index < -0.39 is 54.9 Å². The molecule has 13 atom stereocenters. The van der Waals surface area contributed by atoms with Crippen molar-refractivity contribution in [3.63, 3.8) is 0 Å². The van der Waals surface area contributed by atoms with Crippen molar-refractivity contribution in [2.24, 2.45) is 34.0 Å². The molecule has 0 aromatic heterocycles. The van der Waals surface area contributed by atoms with E-state index in [1.807, 2.05) is 6.92 Å². The maximum absolute atomic E-state index is 11.3. The van der Waals surface area contributed by atoms with E-state index in [-0.39, 0.29) is 23.4 Å². The summed E-state index contributed by atoms with van der Waals surface area (Å²) in [6.07, 6.45) is -1.08. The zero-order chi connectivity index (χ0) is 24.6. The molecule has 5 aliphatic rings. The summed E-state index contributed by atoms with van der Waals surface area (Å²) in [7, 11) is 0. The first-order chi connectivity index (χ1) is 16.0. The van der Waals surface area contributed by atoms with Gasteiger partial charge in [-0.3, -0.25) is 0 Å². The molecule has 13 unspecified atom stereocenters. The van der Waals surface area contributed by atoms with Crippen LogP contribution in [0.5, 0.6) is 0 Å². The summed E-state index contributed by atoms with van der Waals surface area (Å²) in [5, 5.41) is 62.3. The largest absolute Gasteiger partial charge is 0.396 e. The highest BCUT2D eigenvalue weighted by Crippen LogP contribution is 2.72. The molecule has 1 saturated heterocycles. The molecule has 4 aliphatic carbocycles. The van der Waals surface area contributed by atoms with E-state index in [1.165, 1.54) is 0 Å². The van der Waals surface area contributed by atoms with Gasteiger partial charge >= 0.3 is 0 Å². The van der Waals surface area contributed by atoms with Gasteiger partial charge in [-0.05, 0) is 73.7 Å². The fourth-order valence-electron chi connectivity index (χ4n) is 9.16. The molecule has 8 nitrogen and oxygen atoms in total. The Hall–Kier alpha value is -0.580. The molecule has 2 bridgehead atoms. The van der Waals surface area contributed by atoms with Gasteiger partial charge in [0.1, 0.15) is 24.4 Å². The van der Waals surface area contributed by atoms with Crippen LogP contribution in [0.15, 0.2) is 12.2 Å². The van der Waals surface area contributed by atoms with Crippen LogP contribution in [0.2, 0.25) is 0 Å². The third-order valence-electron chi connectivity index (χ3n) is 11.0. The highest BCUT2D eigenvalue weighted by molar-refractivity contribution is 5.27. The third-order valence-corrected chi connectivity index (χ3v) is 11.0.